The summed E-state index contributed by atoms with van der Waals surface area (Å²) in [5, 5.41) is 0. The van der Waals surface area contributed by atoms with Gasteiger partial charge in [-0.3, -0.25) is 4.98 Å². The minimum atomic E-state index is -0.797. The first-order valence-electron chi connectivity index (χ1n) is 9.93. The molecule has 0 unspecified atom stereocenters. The zero-order chi connectivity index (χ0) is 20.5. The van der Waals surface area contributed by atoms with Gasteiger partial charge in [0.2, 0.25) is 0 Å². The zero-order valence-corrected chi connectivity index (χ0v) is 16.3. The number of allylic oxidation sites excluding steroid dienone is 2. The minimum Gasteiger partial charge on any atom is -0.333 e. The number of hydrogen-bond donors (Lipinski definition) is 1. The molecule has 6 heteroatoms. The molecule has 2 aliphatic rings. The van der Waals surface area contributed by atoms with E-state index in [9.17, 15) is 13.2 Å². The van der Waals surface area contributed by atoms with Crippen LogP contribution in [0.4, 0.5) is 18.9 Å². The zero-order valence-electron chi connectivity index (χ0n) is 16.3. The maximum Gasteiger partial charge on any atom is 0.147 e. The van der Waals surface area contributed by atoms with Crippen molar-refractivity contribution in [1.82, 2.24) is 4.98 Å². The van der Waals surface area contributed by atoms with Gasteiger partial charge in [-0.1, -0.05) is 19.1 Å². The highest BCUT2D eigenvalue weighted by Gasteiger charge is 2.31. The van der Waals surface area contributed by atoms with Crippen LogP contribution in [0, 0.1) is 17.6 Å². The maximum absolute atomic E-state index is 14.9. The normalized spacial score (nSPS) is 24.9. The molecule has 29 heavy (non-hydrogen) atoms. The summed E-state index contributed by atoms with van der Waals surface area (Å²) >= 11 is 0. The quantitative estimate of drug-likeness (QED) is 0.761. The molecule has 2 heterocycles. The van der Waals surface area contributed by atoms with E-state index in [0.29, 0.717) is 18.2 Å². The smallest absolute Gasteiger partial charge is 0.147 e. The van der Waals surface area contributed by atoms with Gasteiger partial charge in [0, 0.05) is 18.8 Å². The molecule has 2 N–H and O–H groups in total. The Hall–Kier alpha value is -2.60. The van der Waals surface area contributed by atoms with Gasteiger partial charge in [0.05, 0.1) is 23.1 Å². The summed E-state index contributed by atoms with van der Waals surface area (Å²) in [5.41, 5.74) is 7.43. The van der Waals surface area contributed by atoms with Gasteiger partial charge in [-0.2, -0.15) is 0 Å². The van der Waals surface area contributed by atoms with Crippen molar-refractivity contribution in [2.75, 3.05) is 11.4 Å². The summed E-state index contributed by atoms with van der Waals surface area (Å²) in [4.78, 5) is 5.84. The molecule has 1 aromatic carbocycles. The number of hydrogen-bond acceptors (Lipinski definition) is 3. The summed E-state index contributed by atoms with van der Waals surface area (Å²) in [5.74, 6) is -1.61. The highest BCUT2D eigenvalue weighted by Crippen LogP contribution is 2.42. The molecule has 0 spiro atoms. The Labute approximate surface area is 168 Å². The number of aromatic nitrogens is 1. The predicted molar refractivity (Wildman–Crippen MR) is 109 cm³/mol. The van der Waals surface area contributed by atoms with E-state index in [1.165, 1.54) is 12.1 Å². The first-order chi connectivity index (χ1) is 14.0. The number of benzene rings is 1. The summed E-state index contributed by atoms with van der Waals surface area (Å²) in [6, 6.07) is 5.57. The monoisotopic (exact) mass is 399 g/mol. The van der Waals surface area contributed by atoms with E-state index in [2.05, 4.69) is 11.9 Å². The first-order valence-corrected chi connectivity index (χ1v) is 9.93. The summed E-state index contributed by atoms with van der Waals surface area (Å²) < 4.78 is 44.0. The number of pyridine rings is 1. The van der Waals surface area contributed by atoms with Crippen molar-refractivity contribution in [1.29, 1.82) is 0 Å². The summed E-state index contributed by atoms with van der Waals surface area (Å²) in [7, 11) is 0. The molecule has 4 rings (SSSR count). The predicted octanol–water partition coefficient (Wildman–Crippen LogP) is 5.31. The van der Waals surface area contributed by atoms with E-state index in [1.807, 2.05) is 6.07 Å². The molecule has 3 nitrogen and oxygen atoms in total. The van der Waals surface area contributed by atoms with Crippen LogP contribution in [0.25, 0.3) is 5.70 Å². The Morgan fingerprint density at radius 3 is 2.55 bits per heavy atom. The lowest BCUT2D eigenvalue weighted by molar-refractivity contribution is 0.308. The van der Waals surface area contributed by atoms with Gasteiger partial charge >= 0.3 is 0 Å². The van der Waals surface area contributed by atoms with Crippen LogP contribution in [-0.2, 0) is 0 Å². The van der Waals surface area contributed by atoms with Crippen LogP contribution in [0.15, 0.2) is 54.6 Å². The van der Waals surface area contributed by atoms with Crippen molar-refractivity contribution in [3.63, 3.8) is 0 Å². The molecular weight excluding hydrogens is 375 g/mol. The van der Waals surface area contributed by atoms with Crippen LogP contribution in [0.2, 0.25) is 0 Å². The van der Waals surface area contributed by atoms with Crippen LogP contribution >= 0.6 is 0 Å². The second-order valence-corrected chi connectivity index (χ2v) is 8.01. The highest BCUT2D eigenvalue weighted by atomic mass is 19.1. The van der Waals surface area contributed by atoms with Gasteiger partial charge in [0.15, 0.2) is 0 Å². The fourth-order valence-corrected chi connectivity index (χ4v) is 4.64. The summed E-state index contributed by atoms with van der Waals surface area (Å²) in [6.45, 7) is 2.47. The lowest BCUT2D eigenvalue weighted by atomic mass is 9.76. The molecule has 0 saturated heterocycles. The highest BCUT2D eigenvalue weighted by molar-refractivity contribution is 5.84. The standard InChI is InChI=1S/C23H24F3N3/c1-14-10-15(12-16(27)11-14)17-7-8-28-13-21(17)29-9-3-6-20(26)23(29)22-18(24)4-2-5-19(22)25/h2-8,13-16H,9-12,27H2,1H3/t14-,15+,16-/m0/s1. The SMILES string of the molecule is C[C@@H]1C[C@H](N)C[C@H](c2ccncc2N2CC=CC(F)=C2c2c(F)cccc2F)C1. The molecule has 1 aromatic heterocycles. The fraction of sp³-hybridized carbons (Fsp3) is 0.348. The molecule has 3 atom stereocenters. The van der Waals surface area contributed by atoms with E-state index >= 15 is 0 Å². The number of nitrogens with two attached hydrogens (primary N) is 1. The maximum atomic E-state index is 14.9. The van der Waals surface area contributed by atoms with Crippen molar-refractivity contribution in [2.24, 2.45) is 11.7 Å². The average Bonchev–Trinajstić information content (AvgIpc) is 2.68. The van der Waals surface area contributed by atoms with Crippen molar-refractivity contribution < 1.29 is 13.2 Å². The van der Waals surface area contributed by atoms with Crippen LogP contribution < -0.4 is 10.6 Å². The molecule has 152 valence electrons. The molecule has 1 fully saturated rings. The molecule has 1 saturated carbocycles. The topological polar surface area (TPSA) is 42.1 Å². The van der Waals surface area contributed by atoms with Crippen molar-refractivity contribution in [3.05, 3.63) is 77.4 Å². The first kappa shape index (κ1) is 19.7. The van der Waals surface area contributed by atoms with Gasteiger partial charge < -0.3 is 10.6 Å². The van der Waals surface area contributed by atoms with E-state index in [1.54, 1.807) is 23.4 Å². The number of halogens is 3. The molecule has 1 aliphatic heterocycles. The van der Waals surface area contributed by atoms with E-state index in [4.69, 9.17) is 5.73 Å². The minimum absolute atomic E-state index is 0.0989. The molecule has 0 radical (unpaired) electrons. The van der Waals surface area contributed by atoms with Gasteiger partial charge in [0.25, 0.3) is 0 Å². The Morgan fingerprint density at radius 1 is 1.07 bits per heavy atom. The van der Waals surface area contributed by atoms with Gasteiger partial charge in [-0.15, -0.1) is 0 Å². The Balaban J connectivity index is 1.82. The van der Waals surface area contributed by atoms with E-state index < -0.39 is 17.5 Å². The third-order valence-corrected chi connectivity index (χ3v) is 5.79. The van der Waals surface area contributed by atoms with Crippen LogP contribution in [0.1, 0.15) is 43.2 Å². The fourth-order valence-electron chi connectivity index (χ4n) is 4.64. The third kappa shape index (κ3) is 3.81. The second kappa shape index (κ2) is 8.03. The van der Waals surface area contributed by atoms with E-state index in [-0.39, 0.29) is 23.2 Å². The molecular formula is C23H24F3N3. The van der Waals surface area contributed by atoms with Crippen LogP contribution in [-0.4, -0.2) is 17.6 Å². The lowest BCUT2D eigenvalue weighted by Crippen LogP contribution is -2.32. The Kier molecular flexibility index (Phi) is 5.46. The van der Waals surface area contributed by atoms with Crippen molar-refractivity contribution >= 4 is 11.4 Å². The second-order valence-electron chi connectivity index (χ2n) is 8.01. The van der Waals surface area contributed by atoms with E-state index in [0.717, 1.165) is 37.0 Å². The summed E-state index contributed by atoms with van der Waals surface area (Å²) in [6.07, 6.45) is 9.00. The van der Waals surface area contributed by atoms with Gasteiger partial charge in [-0.25, -0.2) is 13.2 Å². The number of nitrogens with zero attached hydrogens (tertiary/aromatic N) is 2. The van der Waals surface area contributed by atoms with Crippen molar-refractivity contribution in [3.8, 4) is 0 Å². The molecule has 2 aromatic rings. The average molecular weight is 399 g/mol. The molecule has 1 aliphatic carbocycles. The van der Waals surface area contributed by atoms with Gasteiger partial charge in [0.1, 0.15) is 17.5 Å². The largest absolute Gasteiger partial charge is 0.333 e. The van der Waals surface area contributed by atoms with Crippen LogP contribution in [0.5, 0.6) is 0 Å². The molecule has 0 bridgehead atoms. The third-order valence-electron chi connectivity index (χ3n) is 5.79. The van der Waals surface area contributed by atoms with Gasteiger partial charge in [-0.05, 0) is 60.9 Å². The molecule has 0 amide bonds. The van der Waals surface area contributed by atoms with Crippen LogP contribution in [0.3, 0.4) is 0 Å². The number of rotatable bonds is 3. The van der Waals surface area contributed by atoms with Crippen molar-refractivity contribution in [2.45, 2.75) is 38.1 Å². The lowest BCUT2D eigenvalue weighted by Gasteiger charge is -2.36. The number of anilines is 1. The Morgan fingerprint density at radius 2 is 1.83 bits per heavy atom. The Bertz CT molecular complexity index is 939.